The molecule has 0 aromatic heterocycles. The quantitative estimate of drug-likeness (QED) is 0.680. The molecule has 0 fully saturated rings. The zero-order valence-electron chi connectivity index (χ0n) is 14.9. The fourth-order valence-corrected chi connectivity index (χ4v) is 2.50. The van der Waals surface area contributed by atoms with Crippen molar-refractivity contribution in [3.63, 3.8) is 0 Å². The second-order valence-electron chi connectivity index (χ2n) is 5.70. The molecule has 0 heterocycles. The maximum atomic E-state index is 14.0. The summed E-state index contributed by atoms with van der Waals surface area (Å²) in [6, 6.07) is 13.3. The fourth-order valence-electron chi connectivity index (χ4n) is 2.50. The van der Waals surface area contributed by atoms with E-state index in [2.05, 4.69) is 4.74 Å². The van der Waals surface area contributed by atoms with E-state index in [1.807, 2.05) is 24.3 Å². The Balaban J connectivity index is 2.10. The van der Waals surface area contributed by atoms with Crippen molar-refractivity contribution < 1.29 is 23.5 Å². The molecule has 0 bridgehead atoms. The van der Waals surface area contributed by atoms with Crippen LogP contribution in [0.25, 0.3) is 0 Å². The molecule has 2 aromatic rings. The van der Waals surface area contributed by atoms with Gasteiger partial charge < -0.3 is 14.4 Å². The summed E-state index contributed by atoms with van der Waals surface area (Å²) in [5.74, 6) is -0.690. The molecular formula is C20H22FNO4. The van der Waals surface area contributed by atoms with Crippen molar-refractivity contribution in [1.82, 2.24) is 4.90 Å². The van der Waals surface area contributed by atoms with E-state index in [0.717, 1.165) is 11.3 Å². The van der Waals surface area contributed by atoms with Crippen molar-refractivity contribution in [2.45, 2.75) is 12.8 Å². The summed E-state index contributed by atoms with van der Waals surface area (Å²) in [5.41, 5.74) is 1.00. The van der Waals surface area contributed by atoms with E-state index in [-0.39, 0.29) is 18.5 Å². The van der Waals surface area contributed by atoms with E-state index in [1.54, 1.807) is 13.2 Å². The Morgan fingerprint density at radius 1 is 1.00 bits per heavy atom. The summed E-state index contributed by atoms with van der Waals surface area (Å²) >= 11 is 0. The Hall–Kier alpha value is -2.89. The average molecular weight is 359 g/mol. The molecule has 0 saturated carbocycles. The van der Waals surface area contributed by atoms with Crippen LogP contribution in [0.5, 0.6) is 5.75 Å². The predicted molar refractivity (Wildman–Crippen MR) is 95.6 cm³/mol. The molecule has 26 heavy (non-hydrogen) atoms. The number of ether oxygens (including phenoxy) is 2. The molecule has 0 N–H and O–H groups in total. The number of carbonyl (C=O) groups is 2. The lowest BCUT2D eigenvalue weighted by atomic mass is 10.1. The first-order valence-electron chi connectivity index (χ1n) is 8.28. The number of amides is 1. The highest BCUT2D eigenvalue weighted by molar-refractivity contribution is 5.94. The zero-order chi connectivity index (χ0) is 18.9. The Kier molecular flexibility index (Phi) is 7.14. The SMILES string of the molecule is COC(=O)CCN(CCc1ccc(OC)cc1)C(=O)c1ccccc1F. The Labute approximate surface area is 152 Å². The van der Waals surface area contributed by atoms with E-state index < -0.39 is 17.7 Å². The van der Waals surface area contributed by atoms with Gasteiger partial charge in [0.1, 0.15) is 11.6 Å². The van der Waals surface area contributed by atoms with Crippen LogP contribution >= 0.6 is 0 Å². The second-order valence-corrected chi connectivity index (χ2v) is 5.70. The van der Waals surface area contributed by atoms with Gasteiger partial charge in [0.2, 0.25) is 0 Å². The summed E-state index contributed by atoms with van der Waals surface area (Å²) < 4.78 is 23.7. The van der Waals surface area contributed by atoms with Gasteiger partial charge in [-0.3, -0.25) is 9.59 Å². The topological polar surface area (TPSA) is 55.8 Å². The van der Waals surface area contributed by atoms with Gasteiger partial charge in [0.15, 0.2) is 0 Å². The van der Waals surface area contributed by atoms with Crippen LogP contribution in [0.1, 0.15) is 22.3 Å². The van der Waals surface area contributed by atoms with E-state index in [0.29, 0.717) is 13.0 Å². The number of methoxy groups -OCH3 is 2. The molecule has 0 aliphatic carbocycles. The van der Waals surface area contributed by atoms with E-state index in [4.69, 9.17) is 4.74 Å². The maximum Gasteiger partial charge on any atom is 0.307 e. The lowest BCUT2D eigenvalue weighted by molar-refractivity contribution is -0.140. The average Bonchev–Trinajstić information content (AvgIpc) is 2.68. The fraction of sp³-hybridized carbons (Fsp3) is 0.300. The third-order valence-corrected chi connectivity index (χ3v) is 4.03. The van der Waals surface area contributed by atoms with Crippen LogP contribution in [-0.2, 0) is 16.0 Å². The van der Waals surface area contributed by atoms with Crippen molar-refractivity contribution in [3.8, 4) is 5.75 Å². The highest BCUT2D eigenvalue weighted by atomic mass is 19.1. The summed E-state index contributed by atoms with van der Waals surface area (Å²) in [7, 11) is 2.89. The number of rotatable bonds is 8. The van der Waals surface area contributed by atoms with Crippen LogP contribution in [0.3, 0.4) is 0 Å². The van der Waals surface area contributed by atoms with Crippen molar-refractivity contribution in [2.75, 3.05) is 27.3 Å². The summed E-state index contributed by atoms with van der Waals surface area (Å²) in [5, 5.41) is 0. The molecule has 2 rings (SSSR count). The minimum atomic E-state index is -0.579. The number of halogens is 1. The van der Waals surface area contributed by atoms with Crippen molar-refractivity contribution in [1.29, 1.82) is 0 Å². The third-order valence-electron chi connectivity index (χ3n) is 4.03. The number of hydrogen-bond acceptors (Lipinski definition) is 4. The minimum absolute atomic E-state index is 0.00732. The molecule has 0 aliphatic heterocycles. The first-order valence-corrected chi connectivity index (χ1v) is 8.28. The van der Waals surface area contributed by atoms with Crippen LogP contribution in [0.4, 0.5) is 4.39 Å². The van der Waals surface area contributed by atoms with Gasteiger partial charge in [-0.15, -0.1) is 0 Å². The molecule has 0 spiro atoms. The lowest BCUT2D eigenvalue weighted by Crippen LogP contribution is -2.35. The number of nitrogens with zero attached hydrogens (tertiary/aromatic N) is 1. The molecular weight excluding hydrogens is 337 g/mol. The molecule has 1 amide bonds. The summed E-state index contributed by atoms with van der Waals surface area (Å²) in [4.78, 5) is 25.6. The van der Waals surface area contributed by atoms with Crippen LogP contribution in [0.2, 0.25) is 0 Å². The largest absolute Gasteiger partial charge is 0.497 e. The number of benzene rings is 2. The normalized spacial score (nSPS) is 10.3. The number of hydrogen-bond donors (Lipinski definition) is 0. The van der Waals surface area contributed by atoms with E-state index in [1.165, 1.54) is 30.2 Å². The van der Waals surface area contributed by atoms with Gasteiger partial charge in [-0.25, -0.2) is 4.39 Å². The maximum absolute atomic E-state index is 14.0. The van der Waals surface area contributed by atoms with Crippen molar-refractivity contribution in [3.05, 3.63) is 65.5 Å². The Morgan fingerprint density at radius 2 is 1.69 bits per heavy atom. The Bertz CT molecular complexity index is 746. The van der Waals surface area contributed by atoms with E-state index >= 15 is 0 Å². The molecule has 6 heteroatoms. The molecule has 0 unspecified atom stereocenters. The first-order chi connectivity index (χ1) is 12.5. The lowest BCUT2D eigenvalue weighted by Gasteiger charge is -2.22. The monoisotopic (exact) mass is 359 g/mol. The highest BCUT2D eigenvalue weighted by Crippen LogP contribution is 2.14. The van der Waals surface area contributed by atoms with Crippen LogP contribution in [0.15, 0.2) is 48.5 Å². The molecule has 2 aromatic carbocycles. The zero-order valence-corrected chi connectivity index (χ0v) is 14.9. The van der Waals surface area contributed by atoms with Crippen LogP contribution in [-0.4, -0.2) is 44.1 Å². The second kappa shape index (κ2) is 9.56. The smallest absolute Gasteiger partial charge is 0.307 e. The molecule has 0 radical (unpaired) electrons. The van der Waals surface area contributed by atoms with Gasteiger partial charge in [-0.1, -0.05) is 24.3 Å². The molecule has 138 valence electrons. The first kappa shape index (κ1) is 19.4. The molecule has 0 saturated heterocycles. The van der Waals surface area contributed by atoms with Gasteiger partial charge in [-0.05, 0) is 36.2 Å². The summed E-state index contributed by atoms with van der Waals surface area (Å²) in [6.45, 7) is 0.520. The van der Waals surface area contributed by atoms with Crippen LogP contribution < -0.4 is 4.74 Å². The number of esters is 1. The van der Waals surface area contributed by atoms with E-state index in [9.17, 15) is 14.0 Å². The number of carbonyl (C=O) groups excluding carboxylic acids is 2. The minimum Gasteiger partial charge on any atom is -0.497 e. The Morgan fingerprint density at radius 3 is 2.31 bits per heavy atom. The third kappa shape index (κ3) is 5.31. The highest BCUT2D eigenvalue weighted by Gasteiger charge is 2.20. The molecule has 5 nitrogen and oxygen atoms in total. The molecule has 0 atom stereocenters. The standard InChI is InChI=1S/C20H22FNO4/c1-25-16-9-7-15(8-10-16)11-13-22(14-12-19(23)26-2)20(24)17-5-3-4-6-18(17)21/h3-10H,11-14H2,1-2H3. The summed E-state index contributed by atoms with van der Waals surface area (Å²) in [6.07, 6.45) is 0.630. The van der Waals surface area contributed by atoms with Gasteiger partial charge >= 0.3 is 5.97 Å². The van der Waals surface area contributed by atoms with Crippen molar-refractivity contribution in [2.24, 2.45) is 0 Å². The van der Waals surface area contributed by atoms with Gasteiger partial charge in [0.05, 0.1) is 26.2 Å². The van der Waals surface area contributed by atoms with Crippen LogP contribution in [0, 0.1) is 5.82 Å². The van der Waals surface area contributed by atoms with Gasteiger partial charge in [0.25, 0.3) is 5.91 Å². The molecule has 0 aliphatic rings. The van der Waals surface area contributed by atoms with Crippen molar-refractivity contribution >= 4 is 11.9 Å². The predicted octanol–water partition coefficient (Wildman–Crippen LogP) is 3.08. The van der Waals surface area contributed by atoms with Gasteiger partial charge in [0, 0.05) is 13.1 Å². The van der Waals surface area contributed by atoms with Gasteiger partial charge in [-0.2, -0.15) is 0 Å².